The van der Waals surface area contributed by atoms with Gasteiger partial charge in [0.1, 0.15) is 0 Å². The number of nitrogens with zero attached hydrogens (tertiary/aromatic N) is 4. The Hall–Kier alpha value is -2.80. The number of hydrogen-bond acceptors (Lipinski definition) is 4. The van der Waals surface area contributed by atoms with Crippen molar-refractivity contribution >= 4 is 27.2 Å². The lowest BCUT2D eigenvalue weighted by Gasteiger charge is -2.05. The molecule has 0 unspecified atom stereocenters. The first-order chi connectivity index (χ1) is 12.2. The van der Waals surface area contributed by atoms with Crippen LogP contribution in [0.1, 0.15) is 5.56 Å². The normalized spacial score (nSPS) is 11.1. The summed E-state index contributed by atoms with van der Waals surface area (Å²) in [6, 6.07) is 11.7. The molecule has 0 bridgehead atoms. The van der Waals surface area contributed by atoms with Gasteiger partial charge in [-0.15, -0.1) is 0 Å². The Morgan fingerprint density at radius 1 is 1.16 bits per heavy atom. The number of hydrogen-bond donors (Lipinski definition) is 1. The molecule has 25 heavy (non-hydrogen) atoms. The van der Waals surface area contributed by atoms with E-state index in [0.717, 1.165) is 21.3 Å². The fraction of sp³-hybridized carbons (Fsp3) is 0.111. The van der Waals surface area contributed by atoms with Crippen LogP contribution in [-0.2, 0) is 13.0 Å². The minimum Gasteiger partial charge on any atom is -0.289 e. The van der Waals surface area contributed by atoms with Crippen LogP contribution in [0.4, 0.5) is 0 Å². The average Bonchev–Trinajstić information content (AvgIpc) is 2.95. The lowest BCUT2D eigenvalue weighted by atomic mass is 10.2. The minimum atomic E-state index is -0.203. The van der Waals surface area contributed by atoms with Gasteiger partial charge in [0, 0.05) is 29.0 Å². The van der Waals surface area contributed by atoms with Crippen LogP contribution in [0.15, 0.2) is 64.3 Å². The number of pyridine rings is 1. The molecule has 0 aliphatic carbocycles. The zero-order chi connectivity index (χ0) is 17.2. The summed E-state index contributed by atoms with van der Waals surface area (Å²) in [7, 11) is 0. The number of nitrogens with one attached hydrogen (secondary N) is 1. The summed E-state index contributed by atoms with van der Waals surface area (Å²) in [5.41, 5.74) is 3.59. The molecule has 0 atom stereocenters. The Morgan fingerprint density at radius 2 is 2.08 bits per heavy atom. The zero-order valence-electron chi connectivity index (χ0n) is 13.2. The van der Waals surface area contributed by atoms with Crippen LogP contribution < -0.4 is 5.69 Å². The maximum Gasteiger partial charge on any atom is 0.328 e. The molecule has 3 aromatic heterocycles. The summed E-state index contributed by atoms with van der Waals surface area (Å²) in [4.78, 5) is 28.1. The van der Waals surface area contributed by atoms with E-state index in [1.165, 1.54) is 0 Å². The molecule has 1 N–H and O–H groups in total. The van der Waals surface area contributed by atoms with Crippen molar-refractivity contribution in [2.24, 2.45) is 0 Å². The molecule has 0 amide bonds. The molecule has 1 aromatic carbocycles. The number of rotatable bonds is 4. The number of imidazole rings is 1. The maximum atomic E-state index is 12.3. The van der Waals surface area contributed by atoms with Crippen LogP contribution >= 0.6 is 15.9 Å². The van der Waals surface area contributed by atoms with Crippen molar-refractivity contribution in [1.29, 1.82) is 0 Å². The third kappa shape index (κ3) is 3.23. The molecule has 0 fully saturated rings. The van der Waals surface area contributed by atoms with E-state index >= 15 is 0 Å². The van der Waals surface area contributed by atoms with Crippen LogP contribution in [-0.4, -0.2) is 24.5 Å². The Balaban J connectivity index is 1.72. The standard InChI is InChI=1S/C18H14BrN5O/c19-14-5-1-4-13(9-14)15-11-21-16-17(22-15)24(18(25)23-16)8-6-12-3-2-7-20-10-12/h1-5,7,9-11H,6,8H2,(H,21,23,25). The van der Waals surface area contributed by atoms with Crippen LogP contribution in [0.3, 0.4) is 0 Å². The van der Waals surface area contributed by atoms with Crippen LogP contribution in [0, 0.1) is 0 Å². The molecule has 0 aliphatic rings. The van der Waals surface area contributed by atoms with Gasteiger partial charge >= 0.3 is 5.69 Å². The summed E-state index contributed by atoms with van der Waals surface area (Å²) >= 11 is 3.46. The van der Waals surface area contributed by atoms with Crippen molar-refractivity contribution in [3.63, 3.8) is 0 Å². The molecule has 0 saturated heterocycles. The van der Waals surface area contributed by atoms with E-state index in [-0.39, 0.29) is 5.69 Å². The van der Waals surface area contributed by atoms with E-state index in [2.05, 4.69) is 35.9 Å². The zero-order valence-corrected chi connectivity index (χ0v) is 14.8. The van der Waals surface area contributed by atoms with Gasteiger partial charge < -0.3 is 0 Å². The van der Waals surface area contributed by atoms with Crippen molar-refractivity contribution in [2.75, 3.05) is 0 Å². The lowest BCUT2D eigenvalue weighted by molar-refractivity contribution is 0.684. The molecule has 0 saturated carbocycles. The molecule has 124 valence electrons. The second-order valence-electron chi connectivity index (χ2n) is 5.63. The van der Waals surface area contributed by atoms with Gasteiger partial charge in [-0.2, -0.15) is 0 Å². The molecule has 3 heterocycles. The monoisotopic (exact) mass is 395 g/mol. The Morgan fingerprint density at radius 3 is 2.88 bits per heavy atom. The maximum absolute atomic E-state index is 12.3. The van der Waals surface area contributed by atoms with Crippen molar-refractivity contribution < 1.29 is 0 Å². The first-order valence-electron chi connectivity index (χ1n) is 7.81. The third-order valence-electron chi connectivity index (χ3n) is 3.95. The summed E-state index contributed by atoms with van der Waals surface area (Å²) in [6.07, 6.45) is 5.91. The highest BCUT2D eigenvalue weighted by Crippen LogP contribution is 2.22. The van der Waals surface area contributed by atoms with Gasteiger partial charge in [0.05, 0.1) is 11.9 Å². The Labute approximate surface area is 151 Å². The Bertz CT molecular complexity index is 1090. The summed E-state index contributed by atoms with van der Waals surface area (Å²) in [5.74, 6) is 0. The summed E-state index contributed by atoms with van der Waals surface area (Å²) in [6.45, 7) is 0.515. The molecule has 6 nitrogen and oxygen atoms in total. The fourth-order valence-electron chi connectivity index (χ4n) is 2.70. The topological polar surface area (TPSA) is 76.5 Å². The van der Waals surface area contributed by atoms with Gasteiger partial charge in [-0.25, -0.2) is 14.8 Å². The Kier molecular flexibility index (Phi) is 4.15. The number of aromatic nitrogens is 5. The van der Waals surface area contributed by atoms with Gasteiger partial charge in [-0.05, 0) is 30.2 Å². The van der Waals surface area contributed by atoms with Gasteiger partial charge in [0.15, 0.2) is 11.3 Å². The van der Waals surface area contributed by atoms with E-state index in [1.54, 1.807) is 23.2 Å². The average molecular weight is 396 g/mol. The molecule has 4 aromatic rings. The molecule has 4 rings (SSSR count). The van der Waals surface area contributed by atoms with Crippen molar-refractivity contribution in [1.82, 2.24) is 24.5 Å². The van der Waals surface area contributed by atoms with Crippen molar-refractivity contribution in [3.8, 4) is 11.3 Å². The highest BCUT2D eigenvalue weighted by Gasteiger charge is 2.11. The molecule has 7 heteroatoms. The van der Waals surface area contributed by atoms with Crippen molar-refractivity contribution in [3.05, 3.63) is 75.5 Å². The van der Waals surface area contributed by atoms with E-state index in [0.29, 0.717) is 24.3 Å². The second kappa shape index (κ2) is 6.60. The molecule has 0 spiro atoms. The predicted octanol–water partition coefficient (Wildman–Crippen LogP) is 3.19. The number of halogens is 1. The summed E-state index contributed by atoms with van der Waals surface area (Å²) in [5, 5.41) is 0. The molecule has 0 aliphatic heterocycles. The van der Waals surface area contributed by atoms with Gasteiger partial charge in [-0.3, -0.25) is 14.5 Å². The van der Waals surface area contributed by atoms with Crippen LogP contribution in [0.25, 0.3) is 22.6 Å². The number of benzene rings is 1. The quantitative estimate of drug-likeness (QED) is 0.575. The lowest BCUT2D eigenvalue weighted by Crippen LogP contribution is -2.18. The summed E-state index contributed by atoms with van der Waals surface area (Å²) < 4.78 is 2.59. The van der Waals surface area contributed by atoms with Crippen molar-refractivity contribution in [2.45, 2.75) is 13.0 Å². The molecular weight excluding hydrogens is 382 g/mol. The third-order valence-corrected chi connectivity index (χ3v) is 4.44. The van der Waals surface area contributed by atoms with E-state index in [4.69, 9.17) is 0 Å². The van der Waals surface area contributed by atoms with E-state index in [9.17, 15) is 4.79 Å². The first kappa shape index (κ1) is 15.7. The van der Waals surface area contributed by atoms with E-state index < -0.39 is 0 Å². The number of aryl methyl sites for hydroxylation is 2. The van der Waals surface area contributed by atoms with Gasteiger partial charge in [0.2, 0.25) is 0 Å². The SMILES string of the molecule is O=c1[nH]c2ncc(-c3cccc(Br)c3)nc2n1CCc1cccnc1. The minimum absolute atomic E-state index is 0.203. The molecule has 0 radical (unpaired) electrons. The predicted molar refractivity (Wildman–Crippen MR) is 99.2 cm³/mol. The highest BCUT2D eigenvalue weighted by atomic mass is 79.9. The van der Waals surface area contributed by atoms with Crippen LogP contribution in [0.5, 0.6) is 0 Å². The fourth-order valence-corrected chi connectivity index (χ4v) is 3.10. The second-order valence-corrected chi connectivity index (χ2v) is 6.55. The highest BCUT2D eigenvalue weighted by molar-refractivity contribution is 9.10. The number of fused-ring (bicyclic) bond motifs is 1. The van der Waals surface area contributed by atoms with Gasteiger partial charge in [0.25, 0.3) is 0 Å². The van der Waals surface area contributed by atoms with Crippen LogP contribution in [0.2, 0.25) is 0 Å². The number of aromatic amines is 1. The largest absolute Gasteiger partial charge is 0.328 e. The first-order valence-corrected chi connectivity index (χ1v) is 8.60. The molecular formula is C18H14BrN5O. The smallest absolute Gasteiger partial charge is 0.289 e. The van der Waals surface area contributed by atoms with Gasteiger partial charge in [-0.1, -0.05) is 34.1 Å². The number of H-pyrrole nitrogens is 1. The van der Waals surface area contributed by atoms with E-state index in [1.807, 2.05) is 36.4 Å².